The van der Waals surface area contributed by atoms with E-state index in [-0.39, 0.29) is 23.9 Å². The number of nitrogens with one attached hydrogen (secondary N) is 2. The summed E-state index contributed by atoms with van der Waals surface area (Å²) in [6, 6.07) is 9.10. The molecule has 0 saturated carbocycles. The van der Waals surface area contributed by atoms with Crippen LogP contribution in [0, 0.1) is 25.2 Å². The lowest BCUT2D eigenvalue weighted by atomic mass is 9.99. The third-order valence-electron chi connectivity index (χ3n) is 4.27. The van der Waals surface area contributed by atoms with E-state index in [2.05, 4.69) is 10.3 Å². The summed E-state index contributed by atoms with van der Waals surface area (Å²) in [6.45, 7) is 5.39. The molecular weight excluding hydrogens is 338 g/mol. The lowest BCUT2D eigenvalue weighted by molar-refractivity contribution is -0.121. The minimum atomic E-state index is -0.391. The zero-order chi connectivity index (χ0) is 18.6. The van der Waals surface area contributed by atoms with Crippen LogP contribution >= 0.6 is 11.6 Å². The van der Waals surface area contributed by atoms with Crippen molar-refractivity contribution in [1.82, 2.24) is 10.3 Å². The van der Waals surface area contributed by atoms with Crippen LogP contribution in [0.2, 0.25) is 5.02 Å². The summed E-state index contributed by atoms with van der Waals surface area (Å²) in [6.07, 6.45) is 0.706. The molecule has 0 unspecified atom stereocenters. The van der Waals surface area contributed by atoms with Crippen LogP contribution in [0.4, 0.5) is 0 Å². The zero-order valence-corrected chi connectivity index (χ0v) is 15.2. The summed E-state index contributed by atoms with van der Waals surface area (Å²) < 4.78 is 0. The number of aromatic nitrogens is 1. The number of rotatable bonds is 5. The van der Waals surface area contributed by atoms with Gasteiger partial charge >= 0.3 is 0 Å². The maximum Gasteiger partial charge on any atom is 0.266 e. The Kier molecular flexibility index (Phi) is 6.00. The molecule has 0 fully saturated rings. The third kappa shape index (κ3) is 4.28. The third-order valence-corrected chi connectivity index (χ3v) is 4.62. The summed E-state index contributed by atoms with van der Waals surface area (Å²) in [7, 11) is 0. The Morgan fingerprint density at radius 1 is 1.36 bits per heavy atom. The van der Waals surface area contributed by atoms with E-state index in [0.29, 0.717) is 22.7 Å². The molecule has 130 valence electrons. The molecule has 2 aromatic rings. The van der Waals surface area contributed by atoms with E-state index in [9.17, 15) is 9.59 Å². The van der Waals surface area contributed by atoms with Crippen molar-refractivity contribution in [2.45, 2.75) is 39.7 Å². The maximum atomic E-state index is 12.3. The van der Waals surface area contributed by atoms with Gasteiger partial charge < -0.3 is 10.3 Å². The van der Waals surface area contributed by atoms with E-state index in [1.807, 2.05) is 31.2 Å². The number of hydrogen-bond acceptors (Lipinski definition) is 3. The molecule has 1 heterocycles. The standard InChI is InChI=1S/C19H20ClN3O2/c1-11-14(12(2)23-19(25)16(11)10-21)8-9-18(24)22-13(3)15-6-4-5-7-17(15)20/h4-7,13H,8-9H2,1-3H3,(H,22,24)(H,23,25)/t13-/m0/s1. The molecule has 0 bridgehead atoms. The first-order chi connectivity index (χ1) is 11.8. The Labute approximate surface area is 151 Å². The molecule has 1 aromatic heterocycles. The van der Waals surface area contributed by atoms with Crippen molar-refractivity contribution >= 4 is 17.5 Å². The topological polar surface area (TPSA) is 85.8 Å². The lowest BCUT2D eigenvalue weighted by Crippen LogP contribution is -2.27. The normalized spacial score (nSPS) is 11.6. The first kappa shape index (κ1) is 18.8. The molecular formula is C19H20ClN3O2. The Morgan fingerprint density at radius 3 is 2.68 bits per heavy atom. The minimum absolute atomic E-state index is 0.102. The SMILES string of the molecule is Cc1[nH]c(=O)c(C#N)c(C)c1CCC(=O)N[C@@H](C)c1ccccc1Cl. The van der Waals surface area contributed by atoms with Gasteiger partial charge in [-0.05, 0) is 49.9 Å². The van der Waals surface area contributed by atoms with E-state index in [1.54, 1.807) is 19.9 Å². The maximum absolute atomic E-state index is 12.3. The molecule has 1 atom stereocenters. The Balaban J connectivity index is 2.07. The number of hydrogen-bond donors (Lipinski definition) is 2. The van der Waals surface area contributed by atoms with E-state index >= 15 is 0 Å². The van der Waals surface area contributed by atoms with Gasteiger partial charge in [0.25, 0.3) is 5.56 Å². The second-order valence-electron chi connectivity index (χ2n) is 5.98. The van der Waals surface area contributed by atoms with Gasteiger partial charge in [0, 0.05) is 17.1 Å². The van der Waals surface area contributed by atoms with Crippen molar-refractivity contribution in [3.63, 3.8) is 0 Å². The number of amides is 1. The predicted molar refractivity (Wildman–Crippen MR) is 97.6 cm³/mol. The van der Waals surface area contributed by atoms with Crippen molar-refractivity contribution in [3.8, 4) is 6.07 Å². The summed E-state index contributed by atoms with van der Waals surface area (Å²) in [5.41, 5.74) is 2.73. The molecule has 6 heteroatoms. The number of nitrogens with zero attached hydrogens (tertiary/aromatic N) is 1. The summed E-state index contributed by atoms with van der Waals surface area (Å²) in [5, 5.41) is 12.6. The fourth-order valence-corrected chi connectivity index (χ4v) is 3.18. The number of carbonyl (C=O) groups is 1. The van der Waals surface area contributed by atoms with Crippen LogP contribution in [-0.2, 0) is 11.2 Å². The van der Waals surface area contributed by atoms with E-state index in [4.69, 9.17) is 16.9 Å². The fraction of sp³-hybridized carbons (Fsp3) is 0.316. The van der Waals surface area contributed by atoms with Gasteiger partial charge in [-0.25, -0.2) is 0 Å². The molecule has 1 aromatic carbocycles. The largest absolute Gasteiger partial charge is 0.350 e. The highest BCUT2D eigenvalue weighted by molar-refractivity contribution is 6.31. The molecule has 5 nitrogen and oxygen atoms in total. The average Bonchev–Trinajstić information content (AvgIpc) is 2.55. The first-order valence-corrected chi connectivity index (χ1v) is 8.39. The number of halogens is 1. The monoisotopic (exact) mass is 357 g/mol. The summed E-state index contributed by atoms with van der Waals surface area (Å²) >= 11 is 6.15. The van der Waals surface area contributed by atoms with Crippen molar-refractivity contribution in [1.29, 1.82) is 5.26 Å². The van der Waals surface area contributed by atoms with Gasteiger partial charge in [0.1, 0.15) is 11.6 Å². The van der Waals surface area contributed by atoms with Gasteiger partial charge in [-0.3, -0.25) is 9.59 Å². The smallest absolute Gasteiger partial charge is 0.266 e. The number of aromatic amines is 1. The number of benzene rings is 1. The molecule has 0 aliphatic heterocycles. The molecule has 0 radical (unpaired) electrons. The van der Waals surface area contributed by atoms with Gasteiger partial charge in [-0.1, -0.05) is 29.8 Å². The van der Waals surface area contributed by atoms with Crippen LogP contribution < -0.4 is 10.9 Å². The molecule has 0 spiro atoms. The van der Waals surface area contributed by atoms with E-state index < -0.39 is 5.56 Å². The van der Waals surface area contributed by atoms with Gasteiger partial charge in [0.05, 0.1) is 6.04 Å². The quantitative estimate of drug-likeness (QED) is 0.860. The van der Waals surface area contributed by atoms with Crippen LogP contribution in [0.1, 0.15) is 47.3 Å². The van der Waals surface area contributed by atoms with Crippen LogP contribution in [-0.4, -0.2) is 10.9 Å². The summed E-state index contributed by atoms with van der Waals surface area (Å²) in [5.74, 6) is -0.115. The Hall–Kier alpha value is -2.58. The molecule has 1 amide bonds. The molecule has 2 rings (SSSR count). The molecule has 2 N–H and O–H groups in total. The lowest BCUT2D eigenvalue weighted by Gasteiger charge is -2.16. The van der Waals surface area contributed by atoms with Gasteiger partial charge in [-0.15, -0.1) is 0 Å². The highest BCUT2D eigenvalue weighted by Gasteiger charge is 2.15. The fourth-order valence-electron chi connectivity index (χ4n) is 2.88. The average molecular weight is 358 g/mol. The van der Waals surface area contributed by atoms with Gasteiger partial charge in [0.15, 0.2) is 0 Å². The number of H-pyrrole nitrogens is 1. The van der Waals surface area contributed by atoms with Gasteiger partial charge in [0.2, 0.25) is 5.91 Å². The van der Waals surface area contributed by atoms with Crippen molar-refractivity contribution in [3.05, 3.63) is 67.6 Å². The second kappa shape index (κ2) is 8.00. The zero-order valence-electron chi connectivity index (χ0n) is 14.4. The van der Waals surface area contributed by atoms with Crippen molar-refractivity contribution in [2.75, 3.05) is 0 Å². The second-order valence-corrected chi connectivity index (χ2v) is 6.39. The van der Waals surface area contributed by atoms with Crippen molar-refractivity contribution in [2.24, 2.45) is 0 Å². The van der Waals surface area contributed by atoms with Crippen LogP contribution in [0.15, 0.2) is 29.1 Å². The first-order valence-electron chi connectivity index (χ1n) is 8.01. The van der Waals surface area contributed by atoms with Crippen LogP contribution in [0.3, 0.4) is 0 Å². The highest BCUT2D eigenvalue weighted by atomic mass is 35.5. The van der Waals surface area contributed by atoms with Crippen LogP contribution in [0.5, 0.6) is 0 Å². The predicted octanol–water partition coefficient (Wildman–Crippen LogP) is 3.33. The van der Waals surface area contributed by atoms with Crippen molar-refractivity contribution < 1.29 is 4.79 Å². The Bertz CT molecular complexity index is 897. The van der Waals surface area contributed by atoms with Gasteiger partial charge in [-0.2, -0.15) is 5.26 Å². The minimum Gasteiger partial charge on any atom is -0.350 e. The highest BCUT2D eigenvalue weighted by Crippen LogP contribution is 2.22. The Morgan fingerprint density at radius 2 is 2.04 bits per heavy atom. The molecule has 25 heavy (non-hydrogen) atoms. The number of nitriles is 1. The number of pyridine rings is 1. The molecule has 0 saturated heterocycles. The number of carbonyl (C=O) groups excluding carboxylic acids is 1. The molecule has 0 aliphatic carbocycles. The van der Waals surface area contributed by atoms with Crippen LogP contribution in [0.25, 0.3) is 0 Å². The number of aryl methyl sites for hydroxylation is 1. The molecule has 0 aliphatic rings. The van der Waals surface area contributed by atoms with E-state index in [0.717, 1.165) is 11.1 Å². The summed E-state index contributed by atoms with van der Waals surface area (Å²) in [4.78, 5) is 26.7. The van der Waals surface area contributed by atoms with E-state index in [1.165, 1.54) is 0 Å².